The van der Waals surface area contributed by atoms with Crippen molar-refractivity contribution in [3.05, 3.63) is 54.5 Å². The van der Waals surface area contributed by atoms with Gasteiger partial charge in [0.15, 0.2) is 0 Å². The van der Waals surface area contributed by atoms with Gasteiger partial charge in [0.2, 0.25) is 11.8 Å². The number of carbonyl (C=O) groups excluding carboxylic acids is 3. The molecule has 31 heavy (non-hydrogen) atoms. The van der Waals surface area contributed by atoms with Crippen LogP contribution in [0.3, 0.4) is 0 Å². The Kier molecular flexibility index (Phi) is 6.01. The first-order valence-electron chi connectivity index (χ1n) is 10.3. The number of hydrazone groups is 1. The van der Waals surface area contributed by atoms with Gasteiger partial charge in [0.25, 0.3) is 5.91 Å². The van der Waals surface area contributed by atoms with Gasteiger partial charge < -0.3 is 20.4 Å². The molecule has 4 rings (SSSR count). The standard InChI is InChI=1S/C22H25N5O4/c23-20(28)19-13-18(25-27(19)16-5-2-1-3-6-16)22(30)26-10-8-15(9-11-26)21(29)24-14-17-7-4-12-31-17/h1-7,12,15,19H,8-11,13-14H2,(H2,23,28)(H,24,29). The molecule has 1 aromatic heterocycles. The maximum Gasteiger partial charge on any atom is 0.270 e. The number of nitrogens with zero attached hydrogens (tertiary/aromatic N) is 3. The summed E-state index contributed by atoms with van der Waals surface area (Å²) < 4.78 is 5.23. The largest absolute Gasteiger partial charge is 0.467 e. The van der Waals surface area contributed by atoms with Crippen molar-refractivity contribution in [3.63, 3.8) is 0 Å². The van der Waals surface area contributed by atoms with Crippen LogP contribution in [0.15, 0.2) is 58.2 Å². The molecule has 3 amide bonds. The van der Waals surface area contributed by atoms with Crippen LogP contribution in [0.1, 0.15) is 25.0 Å². The number of hydrogen-bond acceptors (Lipinski definition) is 6. The number of carbonyl (C=O) groups is 3. The van der Waals surface area contributed by atoms with Crippen LogP contribution in [0.4, 0.5) is 5.69 Å². The van der Waals surface area contributed by atoms with E-state index in [0.29, 0.717) is 49.6 Å². The molecule has 1 atom stereocenters. The molecule has 3 N–H and O–H groups in total. The monoisotopic (exact) mass is 423 g/mol. The summed E-state index contributed by atoms with van der Waals surface area (Å²) in [6.45, 7) is 1.28. The summed E-state index contributed by atoms with van der Waals surface area (Å²) in [5, 5.41) is 8.81. The summed E-state index contributed by atoms with van der Waals surface area (Å²) in [5.74, 6) is -0.219. The van der Waals surface area contributed by atoms with Crippen LogP contribution < -0.4 is 16.1 Å². The van der Waals surface area contributed by atoms with Crippen molar-refractivity contribution >= 4 is 29.1 Å². The number of para-hydroxylation sites is 1. The molecule has 0 aliphatic carbocycles. The third-order valence-electron chi connectivity index (χ3n) is 5.68. The number of furan rings is 1. The van der Waals surface area contributed by atoms with Gasteiger partial charge in [0, 0.05) is 25.4 Å². The third kappa shape index (κ3) is 4.60. The Bertz CT molecular complexity index is 965. The number of anilines is 1. The lowest BCUT2D eigenvalue weighted by molar-refractivity contribution is -0.131. The van der Waals surface area contributed by atoms with Crippen molar-refractivity contribution in [2.24, 2.45) is 16.8 Å². The lowest BCUT2D eigenvalue weighted by atomic mass is 9.95. The summed E-state index contributed by atoms with van der Waals surface area (Å²) in [4.78, 5) is 39.0. The van der Waals surface area contributed by atoms with Gasteiger partial charge in [-0.1, -0.05) is 18.2 Å². The molecule has 2 aliphatic rings. The molecule has 1 unspecified atom stereocenters. The number of primary amides is 1. The number of hydrogen-bond donors (Lipinski definition) is 2. The second-order valence-corrected chi connectivity index (χ2v) is 7.71. The van der Waals surface area contributed by atoms with Crippen LogP contribution in [0.2, 0.25) is 0 Å². The fourth-order valence-electron chi connectivity index (χ4n) is 3.94. The molecule has 0 radical (unpaired) electrons. The predicted octanol–water partition coefficient (Wildman–Crippen LogP) is 1.25. The quantitative estimate of drug-likeness (QED) is 0.724. The summed E-state index contributed by atoms with van der Waals surface area (Å²) in [7, 11) is 0. The Morgan fingerprint density at radius 1 is 1.10 bits per heavy atom. The topological polar surface area (TPSA) is 121 Å². The average Bonchev–Trinajstić information content (AvgIpc) is 3.48. The van der Waals surface area contributed by atoms with Gasteiger partial charge in [-0.3, -0.25) is 19.4 Å². The van der Waals surface area contributed by atoms with E-state index in [9.17, 15) is 14.4 Å². The van der Waals surface area contributed by atoms with E-state index in [2.05, 4.69) is 10.4 Å². The molecule has 3 heterocycles. The van der Waals surface area contributed by atoms with Crippen molar-refractivity contribution in [1.29, 1.82) is 0 Å². The number of amides is 3. The van der Waals surface area contributed by atoms with Crippen LogP contribution in [0.25, 0.3) is 0 Å². The first-order valence-corrected chi connectivity index (χ1v) is 10.3. The van der Waals surface area contributed by atoms with Gasteiger partial charge in [-0.15, -0.1) is 0 Å². The summed E-state index contributed by atoms with van der Waals surface area (Å²) >= 11 is 0. The van der Waals surface area contributed by atoms with Gasteiger partial charge >= 0.3 is 0 Å². The van der Waals surface area contributed by atoms with E-state index in [-0.39, 0.29) is 24.2 Å². The lowest BCUT2D eigenvalue weighted by Crippen LogP contribution is -2.45. The first kappa shape index (κ1) is 20.6. The van der Waals surface area contributed by atoms with Gasteiger partial charge in [-0.25, -0.2) is 0 Å². The molecule has 162 valence electrons. The first-order chi connectivity index (χ1) is 15.0. The maximum atomic E-state index is 13.0. The SMILES string of the molecule is NC(=O)C1CC(C(=O)N2CCC(C(=O)NCc3ccco3)CC2)=NN1c1ccccc1. The van der Waals surface area contributed by atoms with Gasteiger partial charge in [0.1, 0.15) is 17.5 Å². The molecule has 1 aromatic carbocycles. The minimum Gasteiger partial charge on any atom is -0.467 e. The minimum atomic E-state index is -0.689. The van der Waals surface area contributed by atoms with Crippen LogP contribution in [-0.2, 0) is 20.9 Å². The zero-order valence-electron chi connectivity index (χ0n) is 17.1. The lowest BCUT2D eigenvalue weighted by Gasteiger charge is -2.31. The van der Waals surface area contributed by atoms with Gasteiger partial charge in [0.05, 0.1) is 18.5 Å². The summed E-state index contributed by atoms with van der Waals surface area (Å²) in [6, 6.07) is 12.1. The zero-order chi connectivity index (χ0) is 21.8. The van der Waals surface area contributed by atoms with E-state index in [1.165, 1.54) is 5.01 Å². The molecule has 2 aliphatic heterocycles. The van der Waals surface area contributed by atoms with Crippen molar-refractivity contribution in [1.82, 2.24) is 10.2 Å². The molecule has 0 spiro atoms. The molecule has 1 saturated heterocycles. The van der Waals surface area contributed by atoms with Crippen LogP contribution in [0.5, 0.6) is 0 Å². The Labute approximate surface area is 179 Å². The highest BCUT2D eigenvalue weighted by molar-refractivity contribution is 6.40. The minimum absolute atomic E-state index is 0.0363. The van der Waals surface area contributed by atoms with Crippen LogP contribution in [-0.4, -0.2) is 47.5 Å². The third-order valence-corrected chi connectivity index (χ3v) is 5.68. The molecule has 0 saturated carbocycles. The van der Waals surface area contributed by atoms with E-state index in [4.69, 9.17) is 10.2 Å². The summed E-state index contributed by atoms with van der Waals surface area (Å²) in [6.07, 6.45) is 2.89. The van der Waals surface area contributed by atoms with Gasteiger partial charge in [-0.2, -0.15) is 5.10 Å². The van der Waals surface area contributed by atoms with Crippen molar-refractivity contribution in [2.75, 3.05) is 18.1 Å². The average molecular weight is 423 g/mol. The number of likely N-dealkylation sites (tertiary alicyclic amines) is 1. The molecule has 1 fully saturated rings. The van der Waals surface area contributed by atoms with E-state index in [0.717, 1.165) is 0 Å². The second kappa shape index (κ2) is 9.03. The second-order valence-electron chi connectivity index (χ2n) is 7.71. The highest BCUT2D eigenvalue weighted by Crippen LogP contribution is 2.26. The Morgan fingerprint density at radius 2 is 1.84 bits per heavy atom. The Balaban J connectivity index is 1.35. The smallest absolute Gasteiger partial charge is 0.270 e. The molecule has 2 aromatic rings. The fourth-order valence-corrected chi connectivity index (χ4v) is 3.94. The van der Waals surface area contributed by atoms with E-state index in [1.807, 2.05) is 36.4 Å². The van der Waals surface area contributed by atoms with Crippen molar-refractivity contribution in [3.8, 4) is 0 Å². The molecular weight excluding hydrogens is 398 g/mol. The normalized spacial score (nSPS) is 19.2. The Hall–Kier alpha value is -3.62. The molecule has 9 heteroatoms. The number of nitrogens with one attached hydrogen (secondary N) is 1. The highest BCUT2D eigenvalue weighted by Gasteiger charge is 2.37. The number of rotatable bonds is 6. The van der Waals surface area contributed by atoms with Crippen LogP contribution in [0, 0.1) is 5.92 Å². The Morgan fingerprint density at radius 3 is 2.48 bits per heavy atom. The van der Waals surface area contributed by atoms with E-state index >= 15 is 0 Å². The molecule has 0 bridgehead atoms. The maximum absolute atomic E-state index is 13.0. The molecular formula is C22H25N5O4. The number of benzene rings is 1. The fraction of sp³-hybridized carbons (Fsp3) is 0.364. The highest BCUT2D eigenvalue weighted by atomic mass is 16.3. The predicted molar refractivity (Wildman–Crippen MR) is 114 cm³/mol. The van der Waals surface area contributed by atoms with E-state index < -0.39 is 11.9 Å². The molecule has 9 nitrogen and oxygen atoms in total. The summed E-state index contributed by atoms with van der Waals surface area (Å²) in [5.41, 5.74) is 6.57. The van der Waals surface area contributed by atoms with E-state index in [1.54, 1.807) is 17.2 Å². The zero-order valence-corrected chi connectivity index (χ0v) is 17.1. The number of nitrogens with two attached hydrogens (primary N) is 1. The van der Waals surface area contributed by atoms with Crippen molar-refractivity contribution in [2.45, 2.75) is 31.8 Å². The van der Waals surface area contributed by atoms with Crippen molar-refractivity contribution < 1.29 is 18.8 Å². The van der Waals surface area contributed by atoms with Crippen LogP contribution >= 0.6 is 0 Å². The van der Waals surface area contributed by atoms with Gasteiger partial charge in [-0.05, 0) is 37.1 Å². The number of piperidine rings is 1.